The fourth-order valence-corrected chi connectivity index (χ4v) is 3.12. The molecule has 1 atom stereocenters. The van der Waals surface area contributed by atoms with Crippen molar-refractivity contribution < 1.29 is 4.42 Å². The Morgan fingerprint density at radius 3 is 2.43 bits per heavy atom. The minimum Gasteiger partial charge on any atom is -0.424 e. The first-order valence-electron chi connectivity index (χ1n) is 7.43. The molecule has 3 rings (SSSR count). The molecule has 0 amide bonds. The van der Waals surface area contributed by atoms with Crippen LogP contribution in [0.3, 0.4) is 0 Å². The Hall–Kier alpha value is -1.39. The lowest BCUT2D eigenvalue weighted by atomic mass is 9.89. The predicted molar refractivity (Wildman–Crippen MR) is 82.5 cm³/mol. The van der Waals surface area contributed by atoms with Crippen LogP contribution in [0.25, 0.3) is 0 Å². The van der Waals surface area contributed by atoms with E-state index in [2.05, 4.69) is 34.2 Å². The summed E-state index contributed by atoms with van der Waals surface area (Å²) in [4.78, 5) is 2.42. The summed E-state index contributed by atoms with van der Waals surface area (Å²) in [6.07, 6.45) is 2.30. The van der Waals surface area contributed by atoms with Crippen molar-refractivity contribution >= 4 is 11.6 Å². The summed E-state index contributed by atoms with van der Waals surface area (Å²) in [6, 6.07) is 8.44. The van der Waals surface area contributed by atoms with Gasteiger partial charge in [-0.2, -0.15) is 0 Å². The Morgan fingerprint density at radius 1 is 1.19 bits per heavy atom. The number of hydrogen-bond donors (Lipinski definition) is 0. The first kappa shape index (κ1) is 14.5. The molecule has 0 aliphatic carbocycles. The van der Waals surface area contributed by atoms with Crippen LogP contribution in [-0.2, 0) is 0 Å². The van der Waals surface area contributed by atoms with Gasteiger partial charge in [0.05, 0.1) is 6.04 Å². The molecule has 5 heteroatoms. The Bertz CT molecular complexity index is 588. The third kappa shape index (κ3) is 3.27. The minimum absolute atomic E-state index is 0.192. The van der Waals surface area contributed by atoms with Gasteiger partial charge in [-0.15, -0.1) is 10.2 Å². The van der Waals surface area contributed by atoms with Gasteiger partial charge in [0, 0.05) is 11.9 Å². The topological polar surface area (TPSA) is 42.2 Å². The average Bonchev–Trinajstić information content (AvgIpc) is 2.94. The van der Waals surface area contributed by atoms with E-state index in [1.165, 1.54) is 5.56 Å². The highest BCUT2D eigenvalue weighted by molar-refractivity contribution is 6.30. The zero-order valence-electron chi connectivity index (χ0n) is 12.4. The van der Waals surface area contributed by atoms with E-state index in [9.17, 15) is 0 Å². The molecule has 1 fully saturated rings. The largest absolute Gasteiger partial charge is 0.424 e. The maximum Gasteiger partial charge on any atom is 0.233 e. The Morgan fingerprint density at radius 2 is 1.86 bits per heavy atom. The van der Waals surface area contributed by atoms with Gasteiger partial charge in [-0.3, -0.25) is 4.90 Å². The van der Waals surface area contributed by atoms with Crippen molar-refractivity contribution in [3.05, 3.63) is 46.6 Å². The van der Waals surface area contributed by atoms with Crippen molar-refractivity contribution in [2.24, 2.45) is 0 Å². The lowest BCUT2D eigenvalue weighted by molar-refractivity contribution is 0.142. The molecule has 1 saturated heterocycles. The third-order valence-corrected chi connectivity index (χ3v) is 4.57. The summed E-state index contributed by atoms with van der Waals surface area (Å²) in [5, 5.41) is 8.85. The molecule has 0 radical (unpaired) electrons. The molecule has 1 unspecified atom stereocenters. The smallest absolute Gasteiger partial charge is 0.233 e. The molecular formula is C16H20ClN3O. The maximum absolute atomic E-state index is 5.95. The summed E-state index contributed by atoms with van der Waals surface area (Å²) in [5.41, 5.74) is 1.39. The van der Waals surface area contributed by atoms with Crippen LogP contribution in [0.1, 0.15) is 49.1 Å². The van der Waals surface area contributed by atoms with Crippen LogP contribution in [-0.4, -0.2) is 28.2 Å². The zero-order chi connectivity index (χ0) is 14.8. The number of benzene rings is 1. The molecule has 0 spiro atoms. The van der Waals surface area contributed by atoms with Gasteiger partial charge in [0.1, 0.15) is 0 Å². The molecule has 2 aromatic rings. The van der Waals surface area contributed by atoms with Crippen LogP contribution in [0.15, 0.2) is 28.7 Å². The molecular weight excluding hydrogens is 286 g/mol. The summed E-state index contributed by atoms with van der Waals surface area (Å²) >= 11 is 5.95. The minimum atomic E-state index is 0.192. The van der Waals surface area contributed by atoms with E-state index in [1.54, 1.807) is 0 Å². The molecule has 1 aliphatic rings. The fraction of sp³-hybridized carbons (Fsp3) is 0.500. The number of piperidine rings is 1. The molecule has 0 N–H and O–H groups in total. The molecule has 1 aromatic heterocycles. The predicted octanol–water partition coefficient (Wildman–Crippen LogP) is 3.97. The van der Waals surface area contributed by atoms with Gasteiger partial charge in [-0.25, -0.2) is 0 Å². The second-order valence-electron chi connectivity index (χ2n) is 5.70. The normalized spacial score (nSPS) is 18.8. The van der Waals surface area contributed by atoms with Crippen molar-refractivity contribution in [1.82, 2.24) is 15.1 Å². The highest BCUT2D eigenvalue weighted by Gasteiger charge is 2.26. The Labute approximate surface area is 130 Å². The molecule has 0 saturated carbocycles. The molecule has 4 nitrogen and oxygen atoms in total. The number of rotatable bonds is 3. The molecule has 2 heterocycles. The van der Waals surface area contributed by atoms with Gasteiger partial charge in [0.25, 0.3) is 0 Å². The second-order valence-corrected chi connectivity index (χ2v) is 6.13. The van der Waals surface area contributed by atoms with E-state index in [1.807, 2.05) is 19.1 Å². The maximum atomic E-state index is 5.95. The van der Waals surface area contributed by atoms with Crippen molar-refractivity contribution in [3.63, 3.8) is 0 Å². The van der Waals surface area contributed by atoms with Gasteiger partial charge < -0.3 is 4.42 Å². The number of aryl methyl sites for hydroxylation is 1. The zero-order valence-corrected chi connectivity index (χ0v) is 13.2. The monoisotopic (exact) mass is 305 g/mol. The first-order chi connectivity index (χ1) is 10.1. The SMILES string of the molecule is Cc1nnc(C(C)N2CCC(c3ccc(Cl)cc3)CC2)o1. The summed E-state index contributed by atoms with van der Waals surface area (Å²) in [6.45, 7) is 6.07. The summed E-state index contributed by atoms with van der Waals surface area (Å²) < 4.78 is 5.54. The lowest BCUT2D eigenvalue weighted by Crippen LogP contribution is -2.35. The van der Waals surface area contributed by atoms with E-state index in [4.69, 9.17) is 16.0 Å². The third-order valence-electron chi connectivity index (χ3n) is 4.32. The molecule has 1 aliphatic heterocycles. The molecule has 1 aromatic carbocycles. The summed E-state index contributed by atoms with van der Waals surface area (Å²) in [7, 11) is 0. The second kappa shape index (κ2) is 6.16. The first-order valence-corrected chi connectivity index (χ1v) is 7.81. The van der Waals surface area contributed by atoms with Gasteiger partial charge in [0.2, 0.25) is 11.8 Å². The number of likely N-dealkylation sites (tertiary alicyclic amines) is 1. The van der Waals surface area contributed by atoms with Crippen LogP contribution in [0.4, 0.5) is 0 Å². The standard InChI is InChI=1S/C16H20ClN3O/c1-11(16-19-18-12(2)21-16)20-9-7-14(8-10-20)13-3-5-15(17)6-4-13/h3-6,11,14H,7-10H2,1-2H3. The van der Waals surface area contributed by atoms with Gasteiger partial charge in [0.15, 0.2) is 0 Å². The average molecular weight is 306 g/mol. The number of halogens is 1. The highest BCUT2D eigenvalue weighted by atomic mass is 35.5. The van der Waals surface area contributed by atoms with Crippen LogP contribution in [0.2, 0.25) is 5.02 Å². The van der Waals surface area contributed by atoms with Gasteiger partial charge in [-0.1, -0.05) is 23.7 Å². The highest BCUT2D eigenvalue weighted by Crippen LogP contribution is 2.32. The molecule has 21 heavy (non-hydrogen) atoms. The quantitative estimate of drug-likeness (QED) is 0.860. The number of aromatic nitrogens is 2. The van der Waals surface area contributed by atoms with Crippen LogP contribution in [0, 0.1) is 6.92 Å². The Balaban J connectivity index is 1.61. The Kier molecular flexibility index (Phi) is 4.27. The molecule has 0 bridgehead atoms. The van der Waals surface area contributed by atoms with Crippen LogP contribution < -0.4 is 0 Å². The van der Waals surface area contributed by atoms with Gasteiger partial charge >= 0.3 is 0 Å². The van der Waals surface area contributed by atoms with E-state index in [0.29, 0.717) is 11.8 Å². The van der Waals surface area contributed by atoms with Crippen LogP contribution >= 0.6 is 11.6 Å². The molecule has 112 valence electrons. The van der Waals surface area contributed by atoms with Crippen molar-refractivity contribution in [2.45, 2.75) is 38.6 Å². The van der Waals surface area contributed by atoms with Crippen LogP contribution in [0.5, 0.6) is 0 Å². The van der Waals surface area contributed by atoms with Crippen molar-refractivity contribution in [2.75, 3.05) is 13.1 Å². The van der Waals surface area contributed by atoms with E-state index >= 15 is 0 Å². The lowest BCUT2D eigenvalue weighted by Gasteiger charge is -2.34. The fourth-order valence-electron chi connectivity index (χ4n) is 2.99. The van der Waals surface area contributed by atoms with Crippen molar-refractivity contribution in [1.29, 1.82) is 0 Å². The number of nitrogens with zero attached hydrogens (tertiary/aromatic N) is 3. The summed E-state index contributed by atoms with van der Waals surface area (Å²) in [5.74, 6) is 1.97. The number of hydrogen-bond acceptors (Lipinski definition) is 4. The van der Waals surface area contributed by atoms with E-state index in [0.717, 1.165) is 36.8 Å². The van der Waals surface area contributed by atoms with E-state index < -0.39 is 0 Å². The van der Waals surface area contributed by atoms with E-state index in [-0.39, 0.29) is 6.04 Å². The van der Waals surface area contributed by atoms with Gasteiger partial charge in [-0.05, 0) is 56.5 Å². The van der Waals surface area contributed by atoms with Crippen molar-refractivity contribution in [3.8, 4) is 0 Å².